The zero-order valence-corrected chi connectivity index (χ0v) is 9.18. The van der Waals surface area contributed by atoms with Crippen molar-refractivity contribution in [3.05, 3.63) is 40.6 Å². The lowest BCUT2D eigenvalue weighted by Crippen LogP contribution is -1.96. The van der Waals surface area contributed by atoms with E-state index in [1.54, 1.807) is 0 Å². The van der Waals surface area contributed by atoms with E-state index in [4.69, 9.17) is 16.3 Å². The van der Waals surface area contributed by atoms with Crippen LogP contribution < -0.4 is 0 Å². The fourth-order valence-electron chi connectivity index (χ4n) is 1.49. The second kappa shape index (κ2) is 4.31. The molecule has 0 saturated carbocycles. The van der Waals surface area contributed by atoms with Gasteiger partial charge in [-0.05, 0) is 18.2 Å². The number of nitrogens with zero attached hydrogens (tertiary/aromatic N) is 1. The van der Waals surface area contributed by atoms with Crippen LogP contribution in [-0.4, -0.2) is 12.1 Å². The van der Waals surface area contributed by atoms with E-state index >= 15 is 0 Å². The number of aromatic nitrogens is 1. The zero-order valence-electron chi connectivity index (χ0n) is 8.43. The lowest BCUT2D eigenvalue weighted by molar-refractivity contribution is 0.182. The van der Waals surface area contributed by atoms with Crippen LogP contribution >= 0.6 is 11.6 Å². The first-order valence-electron chi connectivity index (χ1n) is 4.55. The van der Waals surface area contributed by atoms with Crippen LogP contribution in [0.25, 0.3) is 10.9 Å². The van der Waals surface area contributed by atoms with Gasteiger partial charge in [-0.15, -0.1) is 0 Å². The van der Waals surface area contributed by atoms with Crippen molar-refractivity contribution in [1.29, 1.82) is 0 Å². The Labute approximate surface area is 95.8 Å². The molecule has 0 bridgehead atoms. The van der Waals surface area contributed by atoms with Crippen molar-refractivity contribution >= 4 is 22.5 Å². The molecular formula is C11H8ClF2NO. The summed E-state index contributed by atoms with van der Waals surface area (Å²) in [5.74, 6) is -1.19. The molecule has 2 aromatic rings. The van der Waals surface area contributed by atoms with Crippen molar-refractivity contribution in [1.82, 2.24) is 4.98 Å². The van der Waals surface area contributed by atoms with Gasteiger partial charge in [0.2, 0.25) is 0 Å². The highest BCUT2D eigenvalue weighted by Gasteiger charge is 2.12. The first kappa shape index (κ1) is 11.2. The number of fused-ring (bicyclic) bond motifs is 1. The minimum absolute atomic E-state index is 0.00141. The molecule has 1 aromatic heterocycles. The molecule has 0 N–H and O–H groups in total. The van der Waals surface area contributed by atoms with Gasteiger partial charge in [0.25, 0.3) is 0 Å². The van der Waals surface area contributed by atoms with Gasteiger partial charge < -0.3 is 4.74 Å². The Morgan fingerprint density at radius 2 is 2.00 bits per heavy atom. The zero-order chi connectivity index (χ0) is 11.7. The molecule has 2 rings (SSSR count). The third kappa shape index (κ3) is 1.86. The molecule has 84 valence electrons. The summed E-state index contributed by atoms with van der Waals surface area (Å²) < 4.78 is 31.7. The Morgan fingerprint density at radius 3 is 2.69 bits per heavy atom. The number of benzene rings is 1. The van der Waals surface area contributed by atoms with Crippen LogP contribution in [0.3, 0.4) is 0 Å². The summed E-state index contributed by atoms with van der Waals surface area (Å²) in [5.41, 5.74) is 0.393. The van der Waals surface area contributed by atoms with E-state index in [0.29, 0.717) is 5.69 Å². The lowest BCUT2D eigenvalue weighted by atomic mass is 10.2. The molecule has 5 heteroatoms. The van der Waals surface area contributed by atoms with Crippen LogP contribution in [-0.2, 0) is 11.3 Å². The maximum Gasteiger partial charge on any atom is 0.149 e. The molecule has 0 aliphatic carbocycles. The Morgan fingerprint density at radius 1 is 1.31 bits per heavy atom. The largest absolute Gasteiger partial charge is 0.378 e. The first-order valence-corrected chi connectivity index (χ1v) is 4.93. The summed E-state index contributed by atoms with van der Waals surface area (Å²) in [6, 6.07) is 3.52. The molecule has 0 saturated heterocycles. The molecule has 1 heterocycles. The number of hydrogen-bond acceptors (Lipinski definition) is 2. The second-order valence-corrected chi connectivity index (χ2v) is 3.69. The first-order chi connectivity index (χ1) is 7.63. The van der Waals surface area contributed by atoms with Gasteiger partial charge >= 0.3 is 0 Å². The van der Waals surface area contributed by atoms with Gasteiger partial charge in [0.15, 0.2) is 0 Å². The van der Waals surface area contributed by atoms with E-state index in [1.165, 1.54) is 13.2 Å². The van der Waals surface area contributed by atoms with Crippen LogP contribution in [0.1, 0.15) is 5.69 Å². The smallest absolute Gasteiger partial charge is 0.149 e. The van der Waals surface area contributed by atoms with Crippen molar-refractivity contribution < 1.29 is 13.5 Å². The summed E-state index contributed by atoms with van der Waals surface area (Å²) in [5, 5.41) is 0.135. The molecule has 0 atom stereocenters. The average Bonchev–Trinajstić information content (AvgIpc) is 2.23. The molecule has 0 spiro atoms. The number of pyridine rings is 1. The van der Waals surface area contributed by atoms with Gasteiger partial charge in [-0.3, -0.25) is 0 Å². The highest BCUT2D eigenvalue weighted by molar-refractivity contribution is 6.35. The quantitative estimate of drug-likeness (QED) is 0.807. The van der Waals surface area contributed by atoms with Crippen LogP contribution in [0, 0.1) is 11.6 Å². The summed E-state index contributed by atoms with van der Waals surface area (Å²) in [6.07, 6.45) is 0. The number of methoxy groups -OCH3 is 1. The van der Waals surface area contributed by atoms with Crippen molar-refractivity contribution in [2.75, 3.05) is 7.11 Å². The Balaban J connectivity index is 2.76. The third-order valence-corrected chi connectivity index (χ3v) is 2.46. The number of rotatable bonds is 2. The highest BCUT2D eigenvalue weighted by Crippen LogP contribution is 2.27. The van der Waals surface area contributed by atoms with Crippen LogP contribution in [0.5, 0.6) is 0 Å². The maximum atomic E-state index is 13.4. The molecule has 2 nitrogen and oxygen atoms in total. The van der Waals surface area contributed by atoms with Gasteiger partial charge in [-0.1, -0.05) is 11.6 Å². The SMILES string of the molecule is COCc1cc(Cl)c2c(F)ccc(F)c2n1. The van der Waals surface area contributed by atoms with E-state index in [-0.39, 0.29) is 22.5 Å². The molecule has 0 radical (unpaired) electrons. The van der Waals surface area contributed by atoms with Gasteiger partial charge in [0.05, 0.1) is 22.7 Å². The Hall–Kier alpha value is -1.26. The fraction of sp³-hybridized carbons (Fsp3) is 0.182. The van der Waals surface area contributed by atoms with Crippen molar-refractivity contribution in [3.63, 3.8) is 0 Å². The van der Waals surface area contributed by atoms with E-state index in [9.17, 15) is 8.78 Å². The minimum atomic E-state index is -0.601. The van der Waals surface area contributed by atoms with Crippen LogP contribution in [0.2, 0.25) is 5.02 Å². The monoisotopic (exact) mass is 243 g/mol. The molecule has 0 aliphatic rings. The predicted octanol–water partition coefficient (Wildman–Crippen LogP) is 3.31. The van der Waals surface area contributed by atoms with Crippen molar-refractivity contribution in [2.24, 2.45) is 0 Å². The number of hydrogen-bond donors (Lipinski definition) is 0. The summed E-state index contributed by atoms with van der Waals surface area (Å²) in [4.78, 5) is 3.96. The van der Waals surface area contributed by atoms with E-state index in [2.05, 4.69) is 4.98 Å². The predicted molar refractivity (Wildman–Crippen MR) is 57.4 cm³/mol. The topological polar surface area (TPSA) is 22.1 Å². The molecule has 1 aromatic carbocycles. The molecule has 16 heavy (non-hydrogen) atoms. The minimum Gasteiger partial charge on any atom is -0.378 e. The molecule has 0 fully saturated rings. The van der Waals surface area contributed by atoms with Crippen LogP contribution in [0.15, 0.2) is 18.2 Å². The number of halogens is 3. The van der Waals surface area contributed by atoms with Gasteiger partial charge in [-0.25, -0.2) is 13.8 Å². The highest BCUT2D eigenvalue weighted by atomic mass is 35.5. The second-order valence-electron chi connectivity index (χ2n) is 3.28. The lowest BCUT2D eigenvalue weighted by Gasteiger charge is -2.06. The Kier molecular flexibility index (Phi) is 3.03. The third-order valence-electron chi connectivity index (χ3n) is 2.16. The normalized spacial score (nSPS) is 11.0. The molecule has 0 aliphatic heterocycles. The van der Waals surface area contributed by atoms with E-state index < -0.39 is 11.6 Å². The molecular weight excluding hydrogens is 236 g/mol. The van der Waals surface area contributed by atoms with Gasteiger partial charge in [0, 0.05) is 7.11 Å². The number of ether oxygens (including phenoxy) is 1. The van der Waals surface area contributed by atoms with E-state index in [1.807, 2.05) is 0 Å². The van der Waals surface area contributed by atoms with Crippen molar-refractivity contribution in [2.45, 2.75) is 6.61 Å². The summed E-state index contributed by atoms with van der Waals surface area (Å²) >= 11 is 5.87. The maximum absolute atomic E-state index is 13.4. The van der Waals surface area contributed by atoms with Crippen LogP contribution in [0.4, 0.5) is 8.78 Å². The van der Waals surface area contributed by atoms with Crippen molar-refractivity contribution in [3.8, 4) is 0 Å². The van der Waals surface area contributed by atoms with E-state index in [0.717, 1.165) is 12.1 Å². The molecule has 0 amide bonds. The Bertz CT molecular complexity index is 545. The fourth-order valence-corrected chi connectivity index (χ4v) is 1.80. The summed E-state index contributed by atoms with van der Waals surface area (Å²) in [7, 11) is 1.49. The summed E-state index contributed by atoms with van der Waals surface area (Å²) in [6.45, 7) is 0.200. The van der Waals surface area contributed by atoms with Gasteiger partial charge in [0.1, 0.15) is 17.2 Å². The average molecular weight is 244 g/mol. The molecule has 0 unspecified atom stereocenters. The van der Waals surface area contributed by atoms with Gasteiger partial charge in [-0.2, -0.15) is 0 Å². The standard InChI is InChI=1S/C11H8ClF2NO/c1-16-5-6-4-7(12)10-8(13)2-3-9(14)11(10)15-6/h2-4H,5H2,1H3.